The van der Waals surface area contributed by atoms with Crippen LogP contribution in [0.5, 0.6) is 5.75 Å². The van der Waals surface area contributed by atoms with Gasteiger partial charge in [-0.05, 0) is 86.9 Å². The van der Waals surface area contributed by atoms with Crippen molar-refractivity contribution in [3.63, 3.8) is 0 Å². The molecule has 1 N–H and O–H groups in total. The molecular formula is C26H30N4OS. The zero-order valence-electron chi connectivity index (χ0n) is 18.9. The van der Waals surface area contributed by atoms with Crippen molar-refractivity contribution in [1.29, 1.82) is 0 Å². The fourth-order valence-electron chi connectivity index (χ4n) is 5.49. The second-order valence-electron chi connectivity index (χ2n) is 8.83. The summed E-state index contributed by atoms with van der Waals surface area (Å²) >= 11 is 5.90. The zero-order chi connectivity index (χ0) is 22.2. The van der Waals surface area contributed by atoms with Crippen LogP contribution in [0.25, 0.3) is 5.69 Å². The van der Waals surface area contributed by atoms with Crippen molar-refractivity contribution < 1.29 is 4.74 Å². The molecular weight excluding hydrogens is 416 g/mol. The number of hydrogen-bond acceptors (Lipinski definition) is 3. The van der Waals surface area contributed by atoms with Crippen molar-refractivity contribution in [3.05, 3.63) is 77.4 Å². The lowest BCUT2D eigenvalue weighted by molar-refractivity contribution is 0.245. The summed E-state index contributed by atoms with van der Waals surface area (Å²) in [4.78, 5) is 7.17. The number of aryl methyl sites for hydroxylation is 1. The predicted octanol–water partition coefficient (Wildman–Crippen LogP) is 5.41. The number of methoxy groups -OCH3 is 1. The predicted molar refractivity (Wildman–Crippen MR) is 131 cm³/mol. The van der Waals surface area contributed by atoms with E-state index in [0.29, 0.717) is 6.04 Å². The molecule has 1 aromatic carbocycles. The number of rotatable bonds is 5. The zero-order valence-corrected chi connectivity index (χ0v) is 19.7. The van der Waals surface area contributed by atoms with Crippen LogP contribution in [0, 0.1) is 13.8 Å². The van der Waals surface area contributed by atoms with Crippen molar-refractivity contribution in [2.75, 3.05) is 7.11 Å². The van der Waals surface area contributed by atoms with E-state index in [1.54, 1.807) is 7.11 Å². The molecule has 1 saturated heterocycles. The average Bonchev–Trinajstić information content (AvgIpc) is 3.52. The van der Waals surface area contributed by atoms with Crippen LogP contribution in [-0.4, -0.2) is 32.7 Å². The Morgan fingerprint density at radius 1 is 1.06 bits per heavy atom. The highest BCUT2D eigenvalue weighted by atomic mass is 32.1. The summed E-state index contributed by atoms with van der Waals surface area (Å²) in [5, 5.41) is 4.48. The second kappa shape index (κ2) is 8.58. The summed E-state index contributed by atoms with van der Waals surface area (Å²) < 4.78 is 7.68. The maximum Gasteiger partial charge on any atom is 0.170 e. The van der Waals surface area contributed by atoms with E-state index in [9.17, 15) is 0 Å². The maximum absolute atomic E-state index is 5.90. The van der Waals surface area contributed by atoms with Crippen molar-refractivity contribution in [2.45, 2.75) is 57.7 Å². The van der Waals surface area contributed by atoms with Crippen LogP contribution in [0.15, 0.2) is 54.7 Å². The Morgan fingerprint density at radius 2 is 1.81 bits per heavy atom. The number of thiocarbonyl (C=S) groups is 1. The lowest BCUT2D eigenvalue weighted by Crippen LogP contribution is -2.37. The molecule has 3 heterocycles. The number of aromatic nitrogens is 2. The SMILES string of the molecule is COc1ccc(-n2c(C)cc([C@@H]3[C@H](c4ccccn4)NC(=S)N3C3CCCC3)c2C)cc1. The molecule has 2 aromatic heterocycles. The van der Waals surface area contributed by atoms with Gasteiger partial charge in [-0.25, -0.2) is 0 Å². The van der Waals surface area contributed by atoms with Gasteiger partial charge in [0.05, 0.1) is 24.9 Å². The normalized spacial score (nSPS) is 21.2. The number of pyridine rings is 1. The van der Waals surface area contributed by atoms with E-state index in [2.05, 4.69) is 59.0 Å². The Morgan fingerprint density at radius 3 is 2.47 bits per heavy atom. The molecule has 1 aliphatic heterocycles. The molecule has 32 heavy (non-hydrogen) atoms. The molecule has 2 fully saturated rings. The number of hydrogen-bond donors (Lipinski definition) is 1. The van der Waals surface area contributed by atoms with E-state index in [1.165, 1.54) is 42.6 Å². The molecule has 5 nitrogen and oxygen atoms in total. The third-order valence-electron chi connectivity index (χ3n) is 6.97. The fraction of sp³-hybridized carbons (Fsp3) is 0.385. The summed E-state index contributed by atoms with van der Waals surface area (Å²) in [6, 6.07) is 17.4. The van der Waals surface area contributed by atoms with Crippen LogP contribution in [0.1, 0.15) is 60.4 Å². The monoisotopic (exact) mass is 446 g/mol. The van der Waals surface area contributed by atoms with Gasteiger partial charge >= 0.3 is 0 Å². The lowest BCUT2D eigenvalue weighted by Gasteiger charge is -2.33. The minimum atomic E-state index is 0.0362. The molecule has 0 bridgehead atoms. The van der Waals surface area contributed by atoms with Crippen LogP contribution in [0.3, 0.4) is 0 Å². The van der Waals surface area contributed by atoms with Gasteiger partial charge in [-0.15, -0.1) is 0 Å². The minimum Gasteiger partial charge on any atom is -0.497 e. The van der Waals surface area contributed by atoms with Crippen molar-refractivity contribution >= 4 is 17.3 Å². The van der Waals surface area contributed by atoms with Gasteiger partial charge in [-0.1, -0.05) is 18.9 Å². The fourth-order valence-corrected chi connectivity index (χ4v) is 5.88. The van der Waals surface area contributed by atoms with Crippen LogP contribution < -0.4 is 10.1 Å². The van der Waals surface area contributed by atoms with Crippen LogP contribution in [0.2, 0.25) is 0 Å². The molecule has 1 saturated carbocycles. The molecule has 0 unspecified atom stereocenters. The second-order valence-corrected chi connectivity index (χ2v) is 9.22. The summed E-state index contributed by atoms with van der Waals surface area (Å²) in [6.45, 7) is 4.40. The van der Waals surface area contributed by atoms with E-state index in [4.69, 9.17) is 21.9 Å². The molecule has 2 aliphatic rings. The summed E-state index contributed by atoms with van der Waals surface area (Å²) in [5.74, 6) is 0.865. The Bertz CT molecular complexity index is 1100. The minimum absolute atomic E-state index is 0.0362. The van der Waals surface area contributed by atoms with Crippen molar-refractivity contribution in [1.82, 2.24) is 19.8 Å². The van der Waals surface area contributed by atoms with Crippen LogP contribution in [0.4, 0.5) is 0 Å². The maximum atomic E-state index is 5.90. The van der Waals surface area contributed by atoms with Gasteiger partial charge in [0.1, 0.15) is 5.75 Å². The van der Waals surface area contributed by atoms with Crippen molar-refractivity contribution in [2.24, 2.45) is 0 Å². The first kappa shape index (κ1) is 21.0. The van der Waals surface area contributed by atoms with Gasteiger partial charge in [0.25, 0.3) is 0 Å². The number of benzene rings is 1. The van der Waals surface area contributed by atoms with Gasteiger partial charge in [0, 0.05) is 29.3 Å². The third kappa shape index (κ3) is 3.56. The number of ether oxygens (including phenoxy) is 1. The summed E-state index contributed by atoms with van der Waals surface area (Å²) in [5.41, 5.74) is 5.95. The molecule has 3 aromatic rings. The van der Waals surface area contributed by atoms with E-state index < -0.39 is 0 Å². The highest BCUT2D eigenvalue weighted by molar-refractivity contribution is 7.80. The molecule has 0 spiro atoms. The molecule has 0 radical (unpaired) electrons. The van der Waals surface area contributed by atoms with Gasteiger partial charge in [0.2, 0.25) is 0 Å². The first-order chi connectivity index (χ1) is 15.6. The van der Waals surface area contributed by atoms with Gasteiger partial charge in [0.15, 0.2) is 5.11 Å². The first-order valence-electron chi connectivity index (χ1n) is 11.4. The van der Waals surface area contributed by atoms with Gasteiger partial charge in [-0.3, -0.25) is 4.98 Å². The topological polar surface area (TPSA) is 42.3 Å². The lowest BCUT2D eigenvalue weighted by atomic mass is 9.95. The van der Waals surface area contributed by atoms with Gasteiger partial charge < -0.3 is 19.5 Å². The van der Waals surface area contributed by atoms with E-state index in [1.807, 2.05) is 24.4 Å². The first-order valence-corrected chi connectivity index (χ1v) is 11.8. The van der Waals surface area contributed by atoms with E-state index in [-0.39, 0.29) is 12.1 Å². The van der Waals surface area contributed by atoms with Crippen LogP contribution in [-0.2, 0) is 0 Å². The van der Waals surface area contributed by atoms with Crippen LogP contribution >= 0.6 is 12.2 Å². The summed E-state index contributed by atoms with van der Waals surface area (Å²) in [7, 11) is 1.70. The highest BCUT2D eigenvalue weighted by Gasteiger charge is 2.44. The quantitative estimate of drug-likeness (QED) is 0.531. The molecule has 6 heteroatoms. The van der Waals surface area contributed by atoms with E-state index in [0.717, 1.165) is 22.2 Å². The largest absolute Gasteiger partial charge is 0.497 e. The van der Waals surface area contributed by atoms with Crippen molar-refractivity contribution in [3.8, 4) is 11.4 Å². The third-order valence-corrected chi connectivity index (χ3v) is 7.30. The van der Waals surface area contributed by atoms with Gasteiger partial charge in [-0.2, -0.15) is 0 Å². The summed E-state index contributed by atoms with van der Waals surface area (Å²) in [6.07, 6.45) is 6.82. The average molecular weight is 447 g/mol. The molecule has 2 atom stereocenters. The standard InChI is InChI=1S/C26H30N4OS/c1-17-16-22(18(2)29(17)20-11-13-21(31-3)14-12-20)25-24(23-10-6-7-15-27-23)28-26(32)30(25)19-8-4-5-9-19/h6-7,10-16,19,24-25H,4-5,8-9H2,1-3H3,(H,28,32)/t24-,25+/m0/s1. The number of nitrogens with zero attached hydrogens (tertiary/aromatic N) is 3. The smallest absolute Gasteiger partial charge is 0.170 e. The Balaban J connectivity index is 1.61. The molecule has 0 amide bonds. The Kier molecular flexibility index (Phi) is 5.64. The highest BCUT2D eigenvalue weighted by Crippen LogP contribution is 2.44. The molecule has 166 valence electrons. The Hall–Kier alpha value is -2.86. The van der Waals surface area contributed by atoms with E-state index >= 15 is 0 Å². The Labute approximate surface area is 195 Å². The number of nitrogens with one attached hydrogen (secondary N) is 1. The molecule has 1 aliphatic carbocycles. The molecule has 5 rings (SSSR count).